The van der Waals surface area contributed by atoms with Crippen LogP contribution in [0, 0.1) is 5.92 Å². The summed E-state index contributed by atoms with van der Waals surface area (Å²) in [5.74, 6) is 1.04. The molecule has 8 heteroatoms. The third-order valence-corrected chi connectivity index (χ3v) is 5.13. The van der Waals surface area contributed by atoms with E-state index in [0.717, 1.165) is 51.4 Å². The average Bonchev–Trinajstić information content (AvgIpc) is 3.20. The largest absolute Gasteiger partial charge is 0.493 e. The van der Waals surface area contributed by atoms with Crippen LogP contribution in [0.5, 0.6) is 5.75 Å². The Kier molecular flexibility index (Phi) is 5.64. The van der Waals surface area contributed by atoms with E-state index in [-0.39, 0.29) is 11.8 Å². The number of ether oxygens (including phenoxy) is 1. The van der Waals surface area contributed by atoms with Gasteiger partial charge in [-0.15, -0.1) is 5.10 Å². The highest BCUT2D eigenvalue weighted by Crippen LogP contribution is 2.26. The van der Waals surface area contributed by atoms with Gasteiger partial charge >= 0.3 is 0 Å². The van der Waals surface area contributed by atoms with E-state index >= 15 is 0 Å². The van der Waals surface area contributed by atoms with Crippen molar-refractivity contribution in [2.75, 3.05) is 45.9 Å². The van der Waals surface area contributed by atoms with Crippen LogP contribution in [0.3, 0.4) is 0 Å². The second-order valence-electron chi connectivity index (χ2n) is 7.16. The van der Waals surface area contributed by atoms with Crippen molar-refractivity contribution in [1.82, 2.24) is 30.5 Å². The molecule has 0 radical (unpaired) electrons. The first-order valence-electron chi connectivity index (χ1n) is 9.60. The van der Waals surface area contributed by atoms with Crippen molar-refractivity contribution in [3.8, 4) is 5.75 Å². The Labute approximate surface area is 158 Å². The highest BCUT2D eigenvalue weighted by atomic mass is 16.5. The van der Waals surface area contributed by atoms with E-state index in [1.54, 1.807) is 10.9 Å². The first-order valence-corrected chi connectivity index (χ1v) is 9.60. The summed E-state index contributed by atoms with van der Waals surface area (Å²) in [6, 6.07) is 8.06. The number of para-hydroxylation sites is 1. The van der Waals surface area contributed by atoms with E-state index in [1.165, 1.54) is 5.56 Å². The zero-order valence-corrected chi connectivity index (χ0v) is 15.4. The molecule has 1 fully saturated rings. The Bertz CT molecular complexity index is 771. The van der Waals surface area contributed by atoms with Crippen LogP contribution in [-0.4, -0.2) is 71.7 Å². The Balaban J connectivity index is 1.24. The molecular weight excluding hydrogens is 344 g/mol. The fourth-order valence-corrected chi connectivity index (χ4v) is 3.54. The van der Waals surface area contributed by atoms with Crippen LogP contribution >= 0.6 is 0 Å². The molecule has 2 aliphatic rings. The van der Waals surface area contributed by atoms with Crippen molar-refractivity contribution in [2.24, 2.45) is 5.92 Å². The summed E-state index contributed by atoms with van der Waals surface area (Å²) < 4.78 is 7.52. The van der Waals surface area contributed by atoms with Crippen LogP contribution < -0.4 is 15.4 Å². The maximum absolute atomic E-state index is 12.4. The van der Waals surface area contributed by atoms with Gasteiger partial charge in [0, 0.05) is 45.2 Å². The van der Waals surface area contributed by atoms with Crippen LogP contribution in [0.25, 0.3) is 0 Å². The lowest BCUT2D eigenvalue weighted by Crippen LogP contribution is -2.44. The molecule has 0 bridgehead atoms. The third-order valence-electron chi connectivity index (χ3n) is 5.13. The molecule has 1 saturated heterocycles. The van der Waals surface area contributed by atoms with Crippen LogP contribution in [0.15, 0.2) is 30.5 Å². The average molecular weight is 370 g/mol. The number of hydrogen-bond acceptors (Lipinski definition) is 6. The fraction of sp³-hybridized carbons (Fsp3) is 0.526. The van der Waals surface area contributed by atoms with Gasteiger partial charge in [-0.25, -0.2) is 0 Å². The van der Waals surface area contributed by atoms with Gasteiger partial charge in [0.1, 0.15) is 5.75 Å². The molecule has 4 rings (SSSR count). The lowest BCUT2D eigenvalue weighted by Gasteiger charge is -2.26. The van der Waals surface area contributed by atoms with Gasteiger partial charge in [-0.1, -0.05) is 23.4 Å². The second-order valence-corrected chi connectivity index (χ2v) is 7.16. The van der Waals surface area contributed by atoms with Gasteiger partial charge in [-0.2, -0.15) is 0 Å². The van der Waals surface area contributed by atoms with Gasteiger partial charge in [0.05, 0.1) is 19.3 Å². The molecule has 3 heterocycles. The summed E-state index contributed by atoms with van der Waals surface area (Å²) in [7, 11) is 0. The highest BCUT2D eigenvalue weighted by Gasteiger charge is 2.21. The number of carbonyl (C=O) groups is 1. The summed E-state index contributed by atoms with van der Waals surface area (Å²) in [6.45, 7) is 7.01. The Morgan fingerprint density at radius 2 is 2.11 bits per heavy atom. The minimum Gasteiger partial charge on any atom is -0.493 e. The number of nitrogens with one attached hydrogen (secondary N) is 2. The standard InChI is InChI=1S/C19H26N6O2/c26-19(21-12-15-11-16-3-1-2-4-18(16)27-14-15)17-13-25(23-22-17)10-9-24-7-5-20-6-8-24/h1-4,13,15,20H,5-12,14H2,(H,21,26). The molecular formula is C19H26N6O2. The molecule has 1 unspecified atom stereocenters. The molecule has 0 aliphatic carbocycles. The predicted molar refractivity (Wildman–Crippen MR) is 101 cm³/mol. The minimum absolute atomic E-state index is 0.178. The molecule has 2 aromatic rings. The van der Waals surface area contributed by atoms with Gasteiger partial charge in [-0.3, -0.25) is 14.4 Å². The Hall–Kier alpha value is -2.45. The number of nitrogens with zero attached hydrogens (tertiary/aromatic N) is 4. The molecule has 1 atom stereocenters. The Morgan fingerprint density at radius 1 is 1.26 bits per heavy atom. The number of fused-ring (bicyclic) bond motifs is 1. The van der Waals surface area contributed by atoms with Gasteiger partial charge in [0.25, 0.3) is 5.91 Å². The highest BCUT2D eigenvalue weighted by molar-refractivity contribution is 5.91. The summed E-state index contributed by atoms with van der Waals surface area (Å²) >= 11 is 0. The van der Waals surface area contributed by atoms with Crippen molar-refractivity contribution >= 4 is 5.91 Å². The van der Waals surface area contributed by atoms with E-state index in [0.29, 0.717) is 18.8 Å². The monoisotopic (exact) mass is 370 g/mol. The quantitative estimate of drug-likeness (QED) is 0.754. The third kappa shape index (κ3) is 4.64. The van der Waals surface area contributed by atoms with Crippen LogP contribution in [-0.2, 0) is 13.0 Å². The maximum atomic E-state index is 12.4. The van der Waals surface area contributed by atoms with E-state index in [9.17, 15) is 4.79 Å². The van der Waals surface area contributed by atoms with Gasteiger partial charge < -0.3 is 15.4 Å². The lowest BCUT2D eigenvalue weighted by atomic mass is 9.97. The SMILES string of the molecule is O=C(NCC1COc2ccccc2C1)c1cn(CCN2CCNCC2)nn1. The number of benzene rings is 1. The number of rotatable bonds is 6. The van der Waals surface area contributed by atoms with Gasteiger partial charge in [0.15, 0.2) is 5.69 Å². The predicted octanol–water partition coefficient (Wildman–Crippen LogP) is 0.164. The van der Waals surface area contributed by atoms with E-state index in [4.69, 9.17) is 4.74 Å². The Morgan fingerprint density at radius 3 is 3.00 bits per heavy atom. The molecule has 2 aliphatic heterocycles. The van der Waals surface area contributed by atoms with Gasteiger partial charge in [0.2, 0.25) is 0 Å². The second kappa shape index (κ2) is 8.49. The first kappa shape index (κ1) is 17.9. The van der Waals surface area contributed by atoms with Crippen LogP contribution in [0.4, 0.5) is 0 Å². The maximum Gasteiger partial charge on any atom is 0.273 e. The number of aromatic nitrogens is 3. The zero-order valence-electron chi connectivity index (χ0n) is 15.4. The molecule has 0 saturated carbocycles. The molecule has 2 N–H and O–H groups in total. The molecule has 1 amide bonds. The van der Waals surface area contributed by atoms with Crippen molar-refractivity contribution in [3.63, 3.8) is 0 Å². The molecule has 144 valence electrons. The number of amides is 1. The topological polar surface area (TPSA) is 84.3 Å². The van der Waals surface area contributed by atoms with Crippen molar-refractivity contribution in [1.29, 1.82) is 0 Å². The van der Waals surface area contributed by atoms with E-state index in [1.807, 2.05) is 18.2 Å². The summed E-state index contributed by atoms with van der Waals surface area (Å²) in [5, 5.41) is 14.4. The van der Waals surface area contributed by atoms with E-state index in [2.05, 4.69) is 31.9 Å². The number of hydrogen-bond donors (Lipinski definition) is 2. The zero-order chi connectivity index (χ0) is 18.5. The normalized spacial score (nSPS) is 19.9. The van der Waals surface area contributed by atoms with Crippen molar-refractivity contribution in [3.05, 3.63) is 41.7 Å². The molecule has 0 spiro atoms. The molecule has 8 nitrogen and oxygen atoms in total. The first-order chi connectivity index (χ1) is 13.3. The number of piperazine rings is 1. The van der Waals surface area contributed by atoms with Crippen LogP contribution in [0.2, 0.25) is 0 Å². The molecule has 1 aromatic carbocycles. The van der Waals surface area contributed by atoms with Crippen molar-refractivity contribution < 1.29 is 9.53 Å². The molecule has 1 aromatic heterocycles. The van der Waals surface area contributed by atoms with Crippen molar-refractivity contribution in [2.45, 2.75) is 13.0 Å². The minimum atomic E-state index is -0.178. The summed E-state index contributed by atoms with van der Waals surface area (Å²) in [4.78, 5) is 14.8. The lowest BCUT2D eigenvalue weighted by molar-refractivity contribution is 0.0934. The van der Waals surface area contributed by atoms with Crippen LogP contribution in [0.1, 0.15) is 16.1 Å². The molecule has 27 heavy (non-hydrogen) atoms. The van der Waals surface area contributed by atoms with E-state index < -0.39 is 0 Å². The summed E-state index contributed by atoms with van der Waals surface area (Å²) in [5.41, 5.74) is 1.56. The van der Waals surface area contributed by atoms with Gasteiger partial charge in [-0.05, 0) is 18.1 Å². The summed E-state index contributed by atoms with van der Waals surface area (Å²) in [6.07, 6.45) is 2.64. The number of carbonyl (C=O) groups excluding carboxylic acids is 1. The smallest absolute Gasteiger partial charge is 0.273 e. The fourth-order valence-electron chi connectivity index (χ4n) is 3.54.